The predicted octanol–water partition coefficient (Wildman–Crippen LogP) is 3.93. The quantitative estimate of drug-likeness (QED) is 0.282. The Kier molecular flexibility index (Phi) is 7.16. The molecule has 4 rings (SSSR count). The van der Waals surface area contributed by atoms with Crippen LogP contribution in [0.1, 0.15) is 24.0 Å². The van der Waals surface area contributed by atoms with E-state index in [1.54, 1.807) is 24.3 Å². The molecule has 1 N–H and O–H groups in total. The van der Waals surface area contributed by atoms with Gasteiger partial charge in [-0.2, -0.15) is 0 Å². The molecule has 0 amide bonds. The zero-order chi connectivity index (χ0) is 24.3. The molecule has 180 valence electrons. The van der Waals surface area contributed by atoms with Gasteiger partial charge in [0.05, 0.1) is 9.82 Å². The molecule has 9 heteroatoms. The molecular formula is C25H30N4O4S. The summed E-state index contributed by atoms with van der Waals surface area (Å²) >= 11 is 0. The summed E-state index contributed by atoms with van der Waals surface area (Å²) in [6, 6.07) is 16.2. The van der Waals surface area contributed by atoms with Gasteiger partial charge in [-0.1, -0.05) is 30.3 Å². The minimum atomic E-state index is -3.63. The molecule has 0 aromatic heterocycles. The van der Waals surface area contributed by atoms with Gasteiger partial charge in [-0.15, -0.1) is 0 Å². The van der Waals surface area contributed by atoms with Gasteiger partial charge in [0.1, 0.15) is 0 Å². The molecule has 0 bridgehead atoms. The largest absolute Gasteiger partial charge is 0.377 e. The van der Waals surface area contributed by atoms with Crippen LogP contribution < -0.4 is 9.62 Å². The van der Waals surface area contributed by atoms with Gasteiger partial charge < -0.3 is 4.90 Å². The van der Waals surface area contributed by atoms with Crippen LogP contribution in [-0.4, -0.2) is 52.0 Å². The maximum absolute atomic E-state index is 13.0. The van der Waals surface area contributed by atoms with E-state index in [1.165, 1.54) is 5.56 Å². The molecule has 0 atom stereocenters. The second-order valence-corrected chi connectivity index (χ2v) is 10.6. The lowest BCUT2D eigenvalue weighted by molar-refractivity contribution is -0.385. The summed E-state index contributed by atoms with van der Waals surface area (Å²) in [5, 5.41) is 12.7. The third-order valence-corrected chi connectivity index (χ3v) is 7.83. The number of nitro groups is 1. The van der Waals surface area contributed by atoms with Crippen LogP contribution >= 0.6 is 0 Å². The second-order valence-electron chi connectivity index (χ2n) is 8.86. The highest BCUT2D eigenvalue weighted by Gasteiger charge is 2.20. The topological polar surface area (TPSA) is 95.8 Å². The molecule has 0 fully saturated rings. The van der Waals surface area contributed by atoms with E-state index in [2.05, 4.69) is 9.62 Å². The Morgan fingerprint density at radius 1 is 1.03 bits per heavy atom. The van der Waals surface area contributed by atoms with Crippen molar-refractivity contribution in [2.24, 2.45) is 0 Å². The number of hydrogen-bond donors (Lipinski definition) is 1. The molecule has 0 saturated carbocycles. The van der Waals surface area contributed by atoms with Crippen molar-refractivity contribution in [3.05, 3.63) is 75.8 Å². The lowest BCUT2D eigenvalue weighted by atomic mass is 9.99. The predicted molar refractivity (Wildman–Crippen MR) is 135 cm³/mol. The van der Waals surface area contributed by atoms with Crippen LogP contribution in [0.2, 0.25) is 0 Å². The fraction of sp³-hybridized carbons (Fsp3) is 0.360. The van der Waals surface area contributed by atoms with E-state index in [0.717, 1.165) is 42.6 Å². The molecule has 0 saturated heterocycles. The molecule has 8 nitrogen and oxygen atoms in total. The van der Waals surface area contributed by atoms with Crippen LogP contribution in [0, 0.1) is 10.1 Å². The monoisotopic (exact) mass is 482 g/mol. The summed E-state index contributed by atoms with van der Waals surface area (Å²) in [5.41, 5.74) is 3.28. The van der Waals surface area contributed by atoms with E-state index >= 15 is 0 Å². The third kappa shape index (κ3) is 5.22. The number of rotatable bonds is 9. The van der Waals surface area contributed by atoms with E-state index in [4.69, 9.17) is 0 Å². The van der Waals surface area contributed by atoms with Gasteiger partial charge >= 0.3 is 0 Å². The number of nitrogens with one attached hydrogen (secondary N) is 1. The SMILES string of the molecule is CN(C)c1cccc2c(S(=O)(=O)NCCCCN3CCc4ccc([N+](=O)[O-])cc4C3)cccc12. The van der Waals surface area contributed by atoms with Crippen LogP contribution in [-0.2, 0) is 23.0 Å². The average Bonchev–Trinajstić information content (AvgIpc) is 2.82. The fourth-order valence-electron chi connectivity index (χ4n) is 4.54. The number of benzene rings is 3. The van der Waals surface area contributed by atoms with Crippen LogP contribution in [0.5, 0.6) is 0 Å². The molecule has 0 spiro atoms. The Morgan fingerprint density at radius 3 is 2.56 bits per heavy atom. The van der Waals surface area contributed by atoms with Gasteiger partial charge in [0.2, 0.25) is 10.0 Å². The first-order valence-electron chi connectivity index (χ1n) is 11.4. The summed E-state index contributed by atoms with van der Waals surface area (Å²) < 4.78 is 28.8. The average molecular weight is 483 g/mol. The van der Waals surface area contributed by atoms with Crippen LogP contribution in [0.25, 0.3) is 10.8 Å². The lowest BCUT2D eigenvalue weighted by Crippen LogP contribution is -2.32. The van der Waals surface area contributed by atoms with Crippen LogP contribution in [0.3, 0.4) is 0 Å². The first-order chi connectivity index (χ1) is 16.3. The molecular weight excluding hydrogens is 452 g/mol. The van der Waals surface area contributed by atoms with Gasteiger partial charge in [-0.3, -0.25) is 15.0 Å². The van der Waals surface area contributed by atoms with E-state index in [1.807, 2.05) is 49.3 Å². The van der Waals surface area contributed by atoms with Crippen molar-refractivity contribution in [3.8, 4) is 0 Å². The van der Waals surface area contributed by atoms with E-state index in [-0.39, 0.29) is 10.6 Å². The molecule has 0 aliphatic carbocycles. The van der Waals surface area contributed by atoms with Crippen molar-refractivity contribution >= 4 is 32.2 Å². The van der Waals surface area contributed by atoms with Gasteiger partial charge in [0, 0.05) is 62.3 Å². The lowest BCUT2D eigenvalue weighted by Gasteiger charge is -2.28. The van der Waals surface area contributed by atoms with Crippen molar-refractivity contribution in [2.45, 2.75) is 30.7 Å². The number of sulfonamides is 1. The van der Waals surface area contributed by atoms with Crippen molar-refractivity contribution in [2.75, 3.05) is 38.6 Å². The number of hydrogen-bond acceptors (Lipinski definition) is 6. The minimum absolute atomic E-state index is 0.126. The Hall–Kier alpha value is -3.01. The van der Waals surface area contributed by atoms with Gasteiger partial charge in [-0.25, -0.2) is 13.1 Å². The maximum Gasteiger partial charge on any atom is 0.269 e. The normalized spacial score (nSPS) is 14.2. The number of fused-ring (bicyclic) bond motifs is 2. The van der Waals surface area contributed by atoms with Gasteiger partial charge in [0.25, 0.3) is 5.69 Å². The van der Waals surface area contributed by atoms with Crippen molar-refractivity contribution in [1.29, 1.82) is 0 Å². The highest BCUT2D eigenvalue weighted by atomic mass is 32.2. The number of non-ortho nitro benzene ring substituents is 1. The highest BCUT2D eigenvalue weighted by molar-refractivity contribution is 7.89. The highest BCUT2D eigenvalue weighted by Crippen LogP contribution is 2.30. The molecule has 1 heterocycles. The van der Waals surface area contributed by atoms with E-state index in [0.29, 0.717) is 29.8 Å². The second kappa shape index (κ2) is 10.1. The molecule has 3 aromatic carbocycles. The standard InChI is InChI=1S/C25H30N4O4S/c1-27(2)24-9-5-8-23-22(24)7-6-10-25(23)34(32,33)26-14-3-4-15-28-16-13-19-11-12-21(29(30)31)17-20(19)18-28/h5-12,17,26H,3-4,13-16,18H2,1-2H3. The first-order valence-corrected chi connectivity index (χ1v) is 12.9. The Balaban J connectivity index is 1.33. The summed E-state index contributed by atoms with van der Waals surface area (Å²) in [4.78, 5) is 15.2. The fourth-order valence-corrected chi connectivity index (χ4v) is 5.83. The van der Waals surface area contributed by atoms with Gasteiger partial charge in [-0.05, 0) is 49.1 Å². The molecule has 1 aliphatic rings. The summed E-state index contributed by atoms with van der Waals surface area (Å²) in [5.74, 6) is 0. The summed E-state index contributed by atoms with van der Waals surface area (Å²) in [6.45, 7) is 2.78. The zero-order valence-corrected chi connectivity index (χ0v) is 20.3. The van der Waals surface area contributed by atoms with Crippen molar-refractivity contribution in [1.82, 2.24) is 9.62 Å². The Bertz CT molecular complexity index is 1310. The molecule has 3 aromatic rings. The number of nitrogens with zero attached hydrogens (tertiary/aromatic N) is 3. The molecule has 34 heavy (non-hydrogen) atoms. The van der Waals surface area contributed by atoms with E-state index in [9.17, 15) is 18.5 Å². The Labute approximate surface area is 200 Å². The number of nitro benzene ring substituents is 1. The maximum atomic E-state index is 13.0. The smallest absolute Gasteiger partial charge is 0.269 e. The number of anilines is 1. The van der Waals surface area contributed by atoms with Crippen molar-refractivity contribution < 1.29 is 13.3 Å². The third-order valence-electron chi connectivity index (χ3n) is 6.32. The molecule has 0 unspecified atom stereocenters. The first kappa shape index (κ1) is 24.1. The summed E-state index contributed by atoms with van der Waals surface area (Å²) in [7, 11) is 0.248. The molecule has 0 radical (unpaired) electrons. The Morgan fingerprint density at radius 2 is 1.79 bits per heavy atom. The van der Waals surface area contributed by atoms with Crippen LogP contribution in [0.15, 0.2) is 59.5 Å². The zero-order valence-electron chi connectivity index (χ0n) is 19.5. The van der Waals surface area contributed by atoms with E-state index < -0.39 is 10.0 Å². The summed E-state index contributed by atoms with van der Waals surface area (Å²) in [6.07, 6.45) is 2.42. The van der Waals surface area contributed by atoms with Crippen LogP contribution in [0.4, 0.5) is 11.4 Å². The molecule has 1 aliphatic heterocycles. The van der Waals surface area contributed by atoms with Crippen molar-refractivity contribution in [3.63, 3.8) is 0 Å². The number of unbranched alkanes of at least 4 members (excludes halogenated alkanes) is 1. The minimum Gasteiger partial charge on any atom is -0.377 e. The van der Waals surface area contributed by atoms with Gasteiger partial charge in [0.15, 0.2) is 0 Å².